The van der Waals surface area contributed by atoms with Crippen LogP contribution in [0.2, 0.25) is 0 Å². The van der Waals surface area contributed by atoms with Crippen LogP contribution in [0.1, 0.15) is 10.4 Å². The number of rotatable bonds is 3. The van der Waals surface area contributed by atoms with Crippen LogP contribution >= 0.6 is 0 Å². The molecule has 0 fully saturated rings. The van der Waals surface area contributed by atoms with Crippen molar-refractivity contribution in [3.63, 3.8) is 0 Å². The molecule has 2 aromatic heterocycles. The highest BCUT2D eigenvalue weighted by atomic mass is 16.5. The molecular formula is C8H10N6O2. The third kappa shape index (κ3) is 2.00. The summed E-state index contributed by atoms with van der Waals surface area (Å²) < 4.78 is 6.30. The molecule has 2 N–H and O–H groups in total. The van der Waals surface area contributed by atoms with Crippen molar-refractivity contribution in [1.29, 1.82) is 0 Å². The van der Waals surface area contributed by atoms with Crippen LogP contribution in [0.5, 0.6) is 6.01 Å². The highest BCUT2D eigenvalue weighted by Gasteiger charge is 2.10. The maximum Gasteiger partial charge on any atom is 0.336 e. The summed E-state index contributed by atoms with van der Waals surface area (Å²) in [5.41, 5.74) is 0.442. The molecule has 0 aliphatic rings. The number of anilines is 1. The molecule has 0 aliphatic carbocycles. The second kappa shape index (κ2) is 4.01. The van der Waals surface area contributed by atoms with Crippen molar-refractivity contribution in [3.8, 4) is 6.01 Å². The van der Waals surface area contributed by atoms with Crippen LogP contribution in [0.3, 0.4) is 0 Å². The number of hydrogen-bond acceptors (Lipinski definition) is 5. The minimum Gasteiger partial charge on any atom is -0.466 e. The third-order valence-electron chi connectivity index (χ3n) is 1.85. The number of aromatic amines is 1. The lowest BCUT2D eigenvalue weighted by atomic mass is 10.3. The van der Waals surface area contributed by atoms with Crippen molar-refractivity contribution < 1.29 is 9.53 Å². The fourth-order valence-corrected chi connectivity index (χ4v) is 1.11. The first-order valence-electron chi connectivity index (χ1n) is 4.45. The summed E-state index contributed by atoms with van der Waals surface area (Å²) in [5.74, 6) is -0.0855. The van der Waals surface area contributed by atoms with E-state index >= 15 is 0 Å². The van der Waals surface area contributed by atoms with Crippen LogP contribution in [-0.4, -0.2) is 38.0 Å². The smallest absolute Gasteiger partial charge is 0.336 e. The standard InChI is InChI=1S/C8H10N6O2/c1-14-4-5(3-9-14)6(15)10-7-11-8(16-2)13-12-7/h3-4H,1-2H3,(H2,10,11,12,13,15). The van der Waals surface area contributed by atoms with Crippen LogP contribution < -0.4 is 10.1 Å². The van der Waals surface area contributed by atoms with E-state index in [2.05, 4.69) is 25.6 Å². The summed E-state index contributed by atoms with van der Waals surface area (Å²) in [5, 5.41) is 12.6. The summed E-state index contributed by atoms with van der Waals surface area (Å²) in [7, 11) is 3.17. The highest BCUT2D eigenvalue weighted by molar-refractivity contribution is 6.02. The number of carbonyl (C=O) groups excluding carboxylic acids is 1. The van der Waals surface area contributed by atoms with E-state index in [-0.39, 0.29) is 17.9 Å². The molecule has 8 heteroatoms. The molecular weight excluding hydrogens is 212 g/mol. The van der Waals surface area contributed by atoms with E-state index in [1.807, 2.05) is 0 Å². The fourth-order valence-electron chi connectivity index (χ4n) is 1.11. The first-order chi connectivity index (χ1) is 7.69. The molecule has 16 heavy (non-hydrogen) atoms. The molecule has 1 amide bonds. The van der Waals surface area contributed by atoms with Gasteiger partial charge in [-0.3, -0.25) is 14.8 Å². The van der Waals surface area contributed by atoms with Crippen molar-refractivity contribution in [1.82, 2.24) is 25.0 Å². The number of carbonyl (C=O) groups is 1. The molecule has 0 saturated heterocycles. The summed E-state index contributed by atoms with van der Waals surface area (Å²) in [6.07, 6.45) is 3.06. The fraction of sp³-hybridized carbons (Fsp3) is 0.250. The van der Waals surface area contributed by atoms with Crippen LogP contribution in [0.15, 0.2) is 12.4 Å². The zero-order chi connectivity index (χ0) is 11.5. The Morgan fingerprint density at radius 3 is 3.00 bits per heavy atom. The molecule has 0 radical (unpaired) electrons. The van der Waals surface area contributed by atoms with Crippen molar-refractivity contribution in [2.24, 2.45) is 7.05 Å². The van der Waals surface area contributed by atoms with Gasteiger partial charge in [0.2, 0.25) is 5.95 Å². The molecule has 0 saturated carbocycles. The van der Waals surface area contributed by atoms with Gasteiger partial charge < -0.3 is 4.74 Å². The van der Waals surface area contributed by atoms with Crippen LogP contribution in [0, 0.1) is 0 Å². The molecule has 2 aromatic rings. The predicted octanol–water partition coefficient (Wildman–Crippen LogP) is -0.201. The van der Waals surface area contributed by atoms with Gasteiger partial charge in [-0.15, -0.1) is 5.10 Å². The first kappa shape index (κ1) is 10.1. The second-order valence-electron chi connectivity index (χ2n) is 3.03. The van der Waals surface area contributed by atoms with E-state index in [0.29, 0.717) is 5.56 Å². The van der Waals surface area contributed by atoms with E-state index in [0.717, 1.165) is 0 Å². The van der Waals surface area contributed by atoms with Crippen molar-refractivity contribution in [3.05, 3.63) is 18.0 Å². The summed E-state index contributed by atoms with van der Waals surface area (Å²) in [6, 6.07) is 0.168. The van der Waals surface area contributed by atoms with Crippen LogP contribution in [0.25, 0.3) is 0 Å². The van der Waals surface area contributed by atoms with E-state index in [4.69, 9.17) is 4.74 Å². The zero-order valence-corrected chi connectivity index (χ0v) is 8.76. The Kier molecular flexibility index (Phi) is 2.54. The predicted molar refractivity (Wildman–Crippen MR) is 54.1 cm³/mol. The van der Waals surface area contributed by atoms with Gasteiger partial charge in [-0.1, -0.05) is 0 Å². The number of methoxy groups -OCH3 is 1. The number of aryl methyl sites for hydroxylation is 1. The summed E-state index contributed by atoms with van der Waals surface area (Å²) >= 11 is 0. The number of nitrogens with one attached hydrogen (secondary N) is 2. The van der Waals surface area contributed by atoms with E-state index in [1.54, 1.807) is 13.2 Å². The van der Waals surface area contributed by atoms with Gasteiger partial charge in [0.15, 0.2) is 0 Å². The molecule has 0 aromatic carbocycles. The largest absolute Gasteiger partial charge is 0.466 e. The minimum absolute atomic E-state index is 0.168. The number of hydrogen-bond donors (Lipinski definition) is 2. The molecule has 84 valence electrons. The van der Waals surface area contributed by atoms with Crippen molar-refractivity contribution in [2.45, 2.75) is 0 Å². The van der Waals surface area contributed by atoms with Gasteiger partial charge in [0.25, 0.3) is 5.91 Å². The Hall–Kier alpha value is -2.38. The van der Waals surface area contributed by atoms with Gasteiger partial charge in [0.05, 0.1) is 18.9 Å². The summed E-state index contributed by atoms with van der Waals surface area (Å²) in [4.78, 5) is 15.5. The van der Waals surface area contributed by atoms with Gasteiger partial charge >= 0.3 is 6.01 Å². The topological polar surface area (TPSA) is 97.7 Å². The molecule has 0 atom stereocenters. The number of aromatic nitrogens is 5. The van der Waals surface area contributed by atoms with Gasteiger partial charge in [0, 0.05) is 13.2 Å². The maximum atomic E-state index is 11.6. The van der Waals surface area contributed by atoms with Gasteiger partial charge in [-0.05, 0) is 0 Å². The normalized spacial score (nSPS) is 10.1. The number of amides is 1. The SMILES string of the molecule is COc1n[nH]c(NC(=O)c2cnn(C)c2)n1. The molecule has 8 nitrogen and oxygen atoms in total. The quantitative estimate of drug-likeness (QED) is 0.749. The average molecular weight is 222 g/mol. The zero-order valence-electron chi connectivity index (χ0n) is 8.76. The van der Waals surface area contributed by atoms with Crippen molar-refractivity contribution in [2.75, 3.05) is 12.4 Å². The lowest BCUT2D eigenvalue weighted by Gasteiger charge is -1.96. The Bertz CT molecular complexity index is 502. The average Bonchev–Trinajstić information content (AvgIpc) is 2.87. The molecule has 0 spiro atoms. The molecule has 2 rings (SSSR count). The van der Waals surface area contributed by atoms with Gasteiger partial charge in [-0.25, -0.2) is 5.10 Å². The van der Waals surface area contributed by atoms with Crippen molar-refractivity contribution >= 4 is 11.9 Å². The lowest BCUT2D eigenvalue weighted by molar-refractivity contribution is 0.102. The molecule has 0 bridgehead atoms. The first-order valence-corrected chi connectivity index (χ1v) is 4.45. The summed E-state index contributed by atoms with van der Waals surface area (Å²) in [6.45, 7) is 0. The van der Waals surface area contributed by atoms with Gasteiger partial charge in [-0.2, -0.15) is 10.1 Å². The van der Waals surface area contributed by atoms with Gasteiger partial charge in [0.1, 0.15) is 0 Å². The number of H-pyrrole nitrogens is 1. The van der Waals surface area contributed by atoms with E-state index < -0.39 is 0 Å². The second-order valence-corrected chi connectivity index (χ2v) is 3.03. The Balaban J connectivity index is 2.07. The monoisotopic (exact) mass is 222 g/mol. The van der Waals surface area contributed by atoms with E-state index in [9.17, 15) is 4.79 Å². The van der Waals surface area contributed by atoms with E-state index in [1.165, 1.54) is 18.0 Å². The lowest BCUT2D eigenvalue weighted by Crippen LogP contribution is -2.12. The minimum atomic E-state index is -0.313. The molecule has 2 heterocycles. The van der Waals surface area contributed by atoms with Crippen LogP contribution in [-0.2, 0) is 7.05 Å². The van der Waals surface area contributed by atoms with Crippen LogP contribution in [0.4, 0.5) is 5.95 Å². The number of nitrogens with zero attached hydrogens (tertiary/aromatic N) is 4. The number of ether oxygens (including phenoxy) is 1. The Morgan fingerprint density at radius 2 is 2.44 bits per heavy atom. The highest BCUT2D eigenvalue weighted by Crippen LogP contribution is 2.06. The Morgan fingerprint density at radius 1 is 1.62 bits per heavy atom. The third-order valence-corrected chi connectivity index (χ3v) is 1.85. The Labute approximate surface area is 90.6 Å². The molecule has 0 aliphatic heterocycles. The molecule has 0 unspecified atom stereocenters. The maximum absolute atomic E-state index is 11.6.